The second-order valence-electron chi connectivity index (χ2n) is 5.05. The summed E-state index contributed by atoms with van der Waals surface area (Å²) in [5.41, 5.74) is 1.71. The lowest BCUT2D eigenvalue weighted by molar-refractivity contribution is 0.408. The van der Waals surface area contributed by atoms with E-state index in [2.05, 4.69) is 10.3 Å². The minimum atomic E-state index is 0.444. The van der Waals surface area contributed by atoms with Crippen LogP contribution in [0.15, 0.2) is 22.6 Å². The molecule has 0 amide bonds. The molecule has 2 saturated heterocycles. The van der Waals surface area contributed by atoms with Crippen LogP contribution in [0.5, 0.6) is 0 Å². The Morgan fingerprint density at radius 2 is 2.29 bits per heavy atom. The number of rotatable bonds is 1. The number of nitrogens with one attached hydrogen (secondary N) is 1. The maximum atomic E-state index is 5.96. The highest BCUT2D eigenvalue weighted by Crippen LogP contribution is 2.40. The van der Waals surface area contributed by atoms with Crippen molar-refractivity contribution in [3.63, 3.8) is 0 Å². The number of hydrogen-bond acceptors (Lipinski definition) is 3. The Kier molecular flexibility index (Phi) is 2.02. The Morgan fingerprint density at radius 3 is 3.06 bits per heavy atom. The number of oxazole rings is 1. The quantitative estimate of drug-likeness (QED) is 0.843. The van der Waals surface area contributed by atoms with Gasteiger partial charge in [-0.1, -0.05) is 11.6 Å². The van der Waals surface area contributed by atoms with Crippen LogP contribution in [0.25, 0.3) is 11.1 Å². The number of halogens is 1. The summed E-state index contributed by atoms with van der Waals surface area (Å²) in [4.78, 5) is 4.58. The molecule has 0 aliphatic carbocycles. The molecule has 1 aromatic heterocycles. The van der Waals surface area contributed by atoms with Crippen LogP contribution in [0, 0.1) is 0 Å². The predicted molar refractivity (Wildman–Crippen MR) is 66.3 cm³/mol. The lowest BCUT2D eigenvalue weighted by Crippen LogP contribution is -2.21. The molecule has 1 N–H and O–H groups in total. The van der Waals surface area contributed by atoms with E-state index in [4.69, 9.17) is 16.0 Å². The van der Waals surface area contributed by atoms with Gasteiger partial charge in [0.15, 0.2) is 11.5 Å². The molecule has 3 heterocycles. The molecule has 0 spiro atoms. The first-order chi connectivity index (χ1) is 8.29. The minimum absolute atomic E-state index is 0.444. The van der Waals surface area contributed by atoms with Crippen LogP contribution < -0.4 is 5.32 Å². The fourth-order valence-electron chi connectivity index (χ4n) is 3.17. The molecule has 4 heteroatoms. The van der Waals surface area contributed by atoms with Gasteiger partial charge >= 0.3 is 0 Å². The summed E-state index contributed by atoms with van der Waals surface area (Å²) in [7, 11) is 0. The second-order valence-corrected chi connectivity index (χ2v) is 5.49. The van der Waals surface area contributed by atoms with Crippen LogP contribution in [0.2, 0.25) is 5.02 Å². The molecule has 2 aliphatic rings. The van der Waals surface area contributed by atoms with Gasteiger partial charge < -0.3 is 9.73 Å². The molecular formula is C13H13ClN2O. The molecule has 3 unspecified atom stereocenters. The van der Waals surface area contributed by atoms with Gasteiger partial charge in [-0.15, -0.1) is 0 Å². The summed E-state index contributed by atoms with van der Waals surface area (Å²) in [5, 5.41) is 4.32. The molecule has 0 saturated carbocycles. The smallest absolute Gasteiger partial charge is 0.200 e. The van der Waals surface area contributed by atoms with Crippen LogP contribution in [0.3, 0.4) is 0 Å². The summed E-state index contributed by atoms with van der Waals surface area (Å²) >= 11 is 5.96. The molecule has 2 bridgehead atoms. The van der Waals surface area contributed by atoms with E-state index >= 15 is 0 Å². The predicted octanol–water partition coefficient (Wildman–Crippen LogP) is 3.09. The van der Waals surface area contributed by atoms with E-state index in [0.29, 0.717) is 23.0 Å². The summed E-state index contributed by atoms with van der Waals surface area (Å²) in [6.07, 6.45) is 3.70. The van der Waals surface area contributed by atoms with Gasteiger partial charge in [-0.3, -0.25) is 0 Å². The highest BCUT2D eigenvalue weighted by molar-refractivity contribution is 6.31. The standard InChI is InChI=1S/C13H13ClN2O/c14-7-1-4-12-11(5-7)16-13(17-12)9-6-8-2-3-10(9)15-8/h1,4-5,8-10,15H,2-3,6H2. The number of aromatic nitrogens is 1. The monoisotopic (exact) mass is 248 g/mol. The maximum absolute atomic E-state index is 5.96. The third kappa shape index (κ3) is 1.49. The molecule has 2 aliphatic heterocycles. The van der Waals surface area contributed by atoms with E-state index in [0.717, 1.165) is 23.4 Å². The van der Waals surface area contributed by atoms with Gasteiger partial charge in [0.1, 0.15) is 5.52 Å². The van der Waals surface area contributed by atoms with Crippen molar-refractivity contribution in [1.29, 1.82) is 0 Å². The van der Waals surface area contributed by atoms with Crippen molar-refractivity contribution in [2.24, 2.45) is 0 Å². The molecular weight excluding hydrogens is 236 g/mol. The fourth-order valence-corrected chi connectivity index (χ4v) is 3.34. The Bertz CT molecular complexity index is 580. The van der Waals surface area contributed by atoms with E-state index in [9.17, 15) is 0 Å². The van der Waals surface area contributed by atoms with E-state index < -0.39 is 0 Å². The van der Waals surface area contributed by atoms with Crippen LogP contribution in [0.4, 0.5) is 0 Å². The van der Waals surface area contributed by atoms with Crippen molar-refractivity contribution in [2.45, 2.75) is 37.3 Å². The van der Waals surface area contributed by atoms with Crippen molar-refractivity contribution in [1.82, 2.24) is 10.3 Å². The average molecular weight is 249 g/mol. The Labute approximate surface area is 104 Å². The molecule has 0 radical (unpaired) electrons. The fraction of sp³-hybridized carbons (Fsp3) is 0.462. The van der Waals surface area contributed by atoms with E-state index in [1.807, 2.05) is 18.2 Å². The lowest BCUT2D eigenvalue weighted by atomic mass is 9.89. The van der Waals surface area contributed by atoms with Gasteiger partial charge in [-0.2, -0.15) is 0 Å². The maximum Gasteiger partial charge on any atom is 0.200 e. The molecule has 17 heavy (non-hydrogen) atoms. The van der Waals surface area contributed by atoms with Gasteiger partial charge in [0, 0.05) is 17.1 Å². The van der Waals surface area contributed by atoms with E-state index in [1.165, 1.54) is 12.8 Å². The van der Waals surface area contributed by atoms with Crippen LogP contribution in [0.1, 0.15) is 31.1 Å². The Morgan fingerprint density at radius 1 is 1.35 bits per heavy atom. The van der Waals surface area contributed by atoms with Crippen LogP contribution >= 0.6 is 11.6 Å². The van der Waals surface area contributed by atoms with Gasteiger partial charge in [-0.25, -0.2) is 4.98 Å². The van der Waals surface area contributed by atoms with Crippen LogP contribution in [-0.2, 0) is 0 Å². The lowest BCUT2D eigenvalue weighted by Gasteiger charge is -2.15. The SMILES string of the molecule is Clc1ccc2oc(C3CC4CCC3N4)nc2c1. The zero-order chi connectivity index (χ0) is 11.4. The van der Waals surface area contributed by atoms with Crippen molar-refractivity contribution in [3.8, 4) is 0 Å². The number of fused-ring (bicyclic) bond motifs is 3. The highest BCUT2D eigenvalue weighted by Gasteiger charge is 2.42. The third-order valence-electron chi connectivity index (χ3n) is 3.98. The van der Waals surface area contributed by atoms with Crippen molar-refractivity contribution >= 4 is 22.7 Å². The molecule has 3 atom stereocenters. The first-order valence-electron chi connectivity index (χ1n) is 6.11. The van der Waals surface area contributed by atoms with E-state index in [-0.39, 0.29) is 0 Å². The molecule has 3 nitrogen and oxygen atoms in total. The number of benzene rings is 1. The highest BCUT2D eigenvalue weighted by atomic mass is 35.5. The summed E-state index contributed by atoms with van der Waals surface area (Å²) in [6.45, 7) is 0. The number of nitrogens with zero attached hydrogens (tertiary/aromatic N) is 1. The average Bonchev–Trinajstić information content (AvgIpc) is 3.01. The summed E-state index contributed by atoms with van der Waals surface area (Å²) in [6, 6.07) is 6.84. The second kappa shape index (κ2) is 3.47. The number of hydrogen-bond donors (Lipinski definition) is 1. The van der Waals surface area contributed by atoms with Crippen molar-refractivity contribution in [2.75, 3.05) is 0 Å². The van der Waals surface area contributed by atoms with Gasteiger partial charge in [0.25, 0.3) is 0 Å². The topological polar surface area (TPSA) is 38.1 Å². The molecule has 2 aromatic rings. The largest absolute Gasteiger partial charge is 0.440 e. The molecule has 88 valence electrons. The van der Waals surface area contributed by atoms with Gasteiger partial charge in [0.2, 0.25) is 0 Å². The van der Waals surface area contributed by atoms with Crippen molar-refractivity contribution < 1.29 is 4.42 Å². The van der Waals surface area contributed by atoms with Crippen molar-refractivity contribution in [3.05, 3.63) is 29.1 Å². The zero-order valence-electron chi connectivity index (χ0n) is 9.32. The van der Waals surface area contributed by atoms with E-state index in [1.54, 1.807) is 0 Å². The normalized spacial score (nSPS) is 31.5. The van der Waals surface area contributed by atoms with Gasteiger partial charge in [0.05, 0.1) is 5.92 Å². The molecule has 2 fully saturated rings. The summed E-state index contributed by atoms with van der Waals surface area (Å²) in [5.74, 6) is 1.32. The summed E-state index contributed by atoms with van der Waals surface area (Å²) < 4.78 is 5.85. The first kappa shape index (κ1) is 9.92. The van der Waals surface area contributed by atoms with Crippen LogP contribution in [-0.4, -0.2) is 17.1 Å². The minimum Gasteiger partial charge on any atom is -0.440 e. The zero-order valence-corrected chi connectivity index (χ0v) is 10.1. The third-order valence-corrected chi connectivity index (χ3v) is 4.22. The molecule has 4 rings (SSSR count). The Hall–Kier alpha value is -1.06. The van der Waals surface area contributed by atoms with Gasteiger partial charge in [-0.05, 0) is 37.5 Å². The molecule has 1 aromatic carbocycles. The first-order valence-corrected chi connectivity index (χ1v) is 6.49. The Balaban J connectivity index is 1.76.